The number of ether oxygens (including phenoxy) is 2. The topological polar surface area (TPSA) is 207 Å². The molecule has 7 aromatic rings. The average Bonchev–Trinajstić information content (AvgIpc) is 4.09. The number of anilines is 1. The van der Waals surface area contributed by atoms with Crippen molar-refractivity contribution in [3.8, 4) is 34.0 Å². The molecule has 0 spiro atoms. The fourth-order valence-corrected chi connectivity index (χ4v) is 10.3. The van der Waals surface area contributed by atoms with Gasteiger partial charge < -0.3 is 40.7 Å². The molecule has 1 atom stereocenters. The van der Waals surface area contributed by atoms with Crippen LogP contribution in [0.3, 0.4) is 0 Å². The van der Waals surface area contributed by atoms with Crippen LogP contribution in [-0.4, -0.2) is 96.7 Å². The minimum atomic E-state index is -3.74. The lowest BCUT2D eigenvalue weighted by molar-refractivity contribution is -0.286. The van der Waals surface area contributed by atoms with Gasteiger partial charge in [-0.25, -0.2) is 9.97 Å². The Morgan fingerprint density at radius 2 is 1.56 bits per heavy atom. The molecule has 77 heavy (non-hydrogen) atoms. The van der Waals surface area contributed by atoms with Gasteiger partial charge in [-0.3, -0.25) is 28.4 Å². The first kappa shape index (κ1) is 52.6. The van der Waals surface area contributed by atoms with E-state index in [0.29, 0.717) is 94.0 Å². The lowest BCUT2D eigenvalue weighted by atomic mass is 9.90. The number of fused-ring (bicyclic) bond motifs is 2. The van der Waals surface area contributed by atoms with Gasteiger partial charge in [0.05, 0.1) is 41.8 Å². The van der Waals surface area contributed by atoms with Crippen LogP contribution in [0.4, 0.5) is 14.6 Å². The third-order valence-electron chi connectivity index (χ3n) is 14.9. The molecular weight excluding hydrogens is 987 g/mol. The number of rotatable bonds is 20. The van der Waals surface area contributed by atoms with Crippen molar-refractivity contribution in [3.05, 3.63) is 154 Å². The average molecular weight is 1050 g/mol. The smallest absolute Gasteiger partial charge is 0.395 e. The van der Waals surface area contributed by atoms with Crippen LogP contribution in [0.25, 0.3) is 33.5 Å². The molecular formula is C58H62F2N10O7. The molecule has 3 aromatic heterocycles. The minimum Gasteiger partial charge on any atom is -0.395 e. The summed E-state index contributed by atoms with van der Waals surface area (Å²) in [5, 5.41) is 28.7. The predicted molar refractivity (Wildman–Crippen MR) is 286 cm³/mol. The predicted octanol–water partition coefficient (Wildman–Crippen LogP) is 7.09. The molecule has 3 aliphatic rings. The molecule has 400 valence electrons. The highest BCUT2D eigenvalue weighted by Crippen LogP contribution is 2.52. The van der Waals surface area contributed by atoms with Crippen LogP contribution >= 0.6 is 0 Å². The number of aliphatic hydroxyl groups is 1. The maximum atomic E-state index is 13.7. The number of benzene rings is 4. The van der Waals surface area contributed by atoms with Crippen molar-refractivity contribution < 1.29 is 37.7 Å². The molecule has 1 aliphatic carbocycles. The van der Waals surface area contributed by atoms with Crippen molar-refractivity contribution in [1.82, 2.24) is 45.2 Å². The third kappa shape index (κ3) is 11.9. The van der Waals surface area contributed by atoms with Gasteiger partial charge in [0.15, 0.2) is 17.0 Å². The van der Waals surface area contributed by atoms with Crippen LogP contribution in [0.1, 0.15) is 79.2 Å². The van der Waals surface area contributed by atoms with Crippen LogP contribution in [0.2, 0.25) is 0 Å². The summed E-state index contributed by atoms with van der Waals surface area (Å²) >= 11 is 0. The van der Waals surface area contributed by atoms with Gasteiger partial charge in [0.1, 0.15) is 11.3 Å². The van der Waals surface area contributed by atoms with Crippen molar-refractivity contribution in [1.29, 1.82) is 0 Å². The molecule has 2 fully saturated rings. The lowest BCUT2D eigenvalue weighted by Gasteiger charge is -2.38. The third-order valence-corrected chi connectivity index (χ3v) is 14.9. The van der Waals surface area contributed by atoms with Crippen molar-refractivity contribution >= 4 is 34.6 Å². The summed E-state index contributed by atoms with van der Waals surface area (Å²) in [5.41, 5.74) is 6.04. The van der Waals surface area contributed by atoms with E-state index in [-0.39, 0.29) is 59.3 Å². The number of halogens is 2. The zero-order valence-electron chi connectivity index (χ0n) is 43.3. The second-order valence-corrected chi connectivity index (χ2v) is 20.6. The van der Waals surface area contributed by atoms with Crippen LogP contribution in [0.15, 0.2) is 120 Å². The first-order valence-electron chi connectivity index (χ1n) is 26.1. The molecule has 17 nitrogen and oxygen atoms in total. The number of pyridine rings is 1. The quantitative estimate of drug-likeness (QED) is 0.0486. The number of nitrogens with zero attached hydrogens (tertiary/aromatic N) is 6. The molecule has 5 heterocycles. The first-order valence-corrected chi connectivity index (χ1v) is 26.1. The standard InChI is InChI=1S/C58H62F2N10O7/c1-37-13-20-47(66-55(74)57(21-22-57)44-18-19-45-46(31-44)77-58(59,60)76-45)65-50(37)43-12-7-9-40(30-43)33-61-25-8-26-63-48(71)34-62-32-39-14-16-42(17-15-39)53-51-52(67-68(53)3)54(73)70(36-64-51)35-56(75)23-27-69(28-24-56)49(72)29-38(2)41-10-5-4-6-11-41/h4-7,9-20,30-31,36,38,61-62,75H,8,21-29,32-35H2,1-3H3,(H,63,71)(H,65,66,74)/t38-/m1/s1. The van der Waals surface area contributed by atoms with Gasteiger partial charge in [-0.05, 0) is 104 Å². The summed E-state index contributed by atoms with van der Waals surface area (Å²) < 4.78 is 39.5. The van der Waals surface area contributed by atoms with Gasteiger partial charge in [-0.1, -0.05) is 91.9 Å². The Morgan fingerprint density at radius 1 is 0.805 bits per heavy atom. The summed E-state index contributed by atoms with van der Waals surface area (Å²) in [4.78, 5) is 64.4. The van der Waals surface area contributed by atoms with Gasteiger partial charge in [-0.15, -0.1) is 8.78 Å². The normalized spacial score (nSPS) is 16.3. The van der Waals surface area contributed by atoms with Gasteiger partial charge in [0.25, 0.3) is 5.56 Å². The monoisotopic (exact) mass is 1050 g/mol. The van der Waals surface area contributed by atoms with Crippen LogP contribution in [0.5, 0.6) is 11.5 Å². The molecule has 0 unspecified atom stereocenters. The summed E-state index contributed by atoms with van der Waals surface area (Å²) in [6.45, 7) is 7.26. The number of aromatic nitrogens is 5. The van der Waals surface area contributed by atoms with E-state index in [1.165, 1.54) is 23.0 Å². The maximum absolute atomic E-state index is 13.7. The Kier molecular flexibility index (Phi) is 15.0. The number of carbonyl (C=O) groups is 3. The summed E-state index contributed by atoms with van der Waals surface area (Å²) in [6.07, 6.45) is 0.657. The number of carbonyl (C=O) groups excluding carboxylic acids is 3. The number of piperidine rings is 1. The number of aryl methyl sites for hydroxylation is 2. The van der Waals surface area contributed by atoms with E-state index < -0.39 is 17.3 Å². The minimum absolute atomic E-state index is 0.0496. The van der Waals surface area contributed by atoms with E-state index in [9.17, 15) is 33.1 Å². The Morgan fingerprint density at radius 3 is 2.32 bits per heavy atom. The summed E-state index contributed by atoms with van der Waals surface area (Å²) in [5.74, 6) is -0.0139. The zero-order valence-corrected chi connectivity index (χ0v) is 43.3. The van der Waals surface area contributed by atoms with Gasteiger partial charge in [0, 0.05) is 57.3 Å². The highest BCUT2D eigenvalue weighted by atomic mass is 19.3. The SMILES string of the molecule is Cc1ccc(NC(=O)C2(c3ccc4c(c3)OC(F)(F)O4)CC2)nc1-c1cccc(CNCCCNC(=O)CNCc2ccc(-c3c4ncn(CC5(O)CCN(C(=O)C[C@@H](C)c6ccccc6)CC5)c(=O)c4nn3C)cc2)c1. The number of alkyl halides is 2. The van der Waals surface area contributed by atoms with Crippen molar-refractivity contribution in [3.63, 3.8) is 0 Å². The lowest BCUT2D eigenvalue weighted by Crippen LogP contribution is -2.49. The summed E-state index contributed by atoms with van der Waals surface area (Å²) in [7, 11) is 1.77. The molecule has 0 bridgehead atoms. The van der Waals surface area contributed by atoms with E-state index >= 15 is 0 Å². The molecule has 3 amide bonds. The molecule has 10 rings (SSSR count). The number of nitrogens with one attached hydrogen (secondary N) is 4. The Hall–Kier alpha value is -7.87. The zero-order chi connectivity index (χ0) is 53.9. The van der Waals surface area contributed by atoms with E-state index in [1.807, 2.05) is 92.7 Å². The fourth-order valence-electron chi connectivity index (χ4n) is 10.3. The van der Waals surface area contributed by atoms with E-state index in [4.69, 9.17) is 4.98 Å². The molecule has 2 aliphatic heterocycles. The van der Waals surface area contributed by atoms with Crippen LogP contribution < -0.4 is 36.3 Å². The number of hydrogen-bond acceptors (Lipinski definition) is 12. The highest BCUT2D eigenvalue weighted by molar-refractivity contribution is 6.01. The van der Waals surface area contributed by atoms with Gasteiger partial charge in [0.2, 0.25) is 17.7 Å². The number of amides is 3. The van der Waals surface area contributed by atoms with Crippen molar-refractivity contribution in [2.45, 2.75) is 95.2 Å². The highest BCUT2D eigenvalue weighted by Gasteiger charge is 2.53. The number of hydrogen-bond donors (Lipinski definition) is 5. The van der Waals surface area contributed by atoms with Crippen molar-refractivity contribution in [2.24, 2.45) is 7.05 Å². The molecule has 5 N–H and O–H groups in total. The Balaban J connectivity index is 0.639. The maximum Gasteiger partial charge on any atom is 0.586 e. The van der Waals surface area contributed by atoms with Crippen LogP contribution in [-0.2, 0) is 46.5 Å². The van der Waals surface area contributed by atoms with Crippen LogP contribution in [0, 0.1) is 6.92 Å². The largest absolute Gasteiger partial charge is 0.586 e. The molecule has 0 radical (unpaired) electrons. The molecule has 4 aromatic carbocycles. The molecule has 1 saturated carbocycles. The Bertz CT molecular complexity index is 3370. The first-order chi connectivity index (χ1) is 37.0. The van der Waals surface area contributed by atoms with E-state index in [1.54, 1.807) is 28.8 Å². The number of likely N-dealkylation sites (tertiary alicyclic amines) is 1. The second kappa shape index (κ2) is 22.0. The van der Waals surface area contributed by atoms with Gasteiger partial charge in [-0.2, -0.15) is 5.10 Å². The van der Waals surface area contributed by atoms with E-state index in [2.05, 4.69) is 46.9 Å². The van der Waals surface area contributed by atoms with Gasteiger partial charge >= 0.3 is 6.29 Å². The second-order valence-electron chi connectivity index (χ2n) is 20.6. The fraction of sp³-hybridized carbons (Fsp3) is 0.362. The van der Waals surface area contributed by atoms with Crippen molar-refractivity contribution in [2.75, 3.05) is 38.0 Å². The summed E-state index contributed by atoms with van der Waals surface area (Å²) in [6, 6.07) is 33.9. The Labute approximate surface area is 444 Å². The molecule has 1 saturated heterocycles. The van der Waals surface area contributed by atoms with E-state index in [0.717, 1.165) is 45.5 Å². The molecule has 19 heteroatoms.